The summed E-state index contributed by atoms with van der Waals surface area (Å²) in [5, 5.41) is 0. The number of hydrogen-bond acceptors (Lipinski definition) is 0. The smallest absolute Gasteiger partial charge is 0.167 e. The average Bonchev–Trinajstić information content (AvgIpc) is 1.60. The van der Waals surface area contributed by atoms with E-state index >= 15 is 0 Å². The minimum absolute atomic E-state index is 0.0197. The van der Waals surface area contributed by atoms with Gasteiger partial charge in [0.25, 0.3) is 0 Å². The molecule has 0 atom stereocenters. The van der Waals surface area contributed by atoms with E-state index in [2.05, 4.69) is 13.8 Å². The van der Waals surface area contributed by atoms with Crippen LogP contribution in [0.25, 0.3) is 0 Å². The Morgan fingerprint density at radius 1 is 1.56 bits per heavy atom. The van der Waals surface area contributed by atoms with Gasteiger partial charge in [-0.3, -0.25) is 0 Å². The minimum Gasteiger partial charge on any atom is -0.235 e. The maximum atomic E-state index is 12.5. The van der Waals surface area contributed by atoms with Crippen molar-refractivity contribution in [2.75, 3.05) is 0 Å². The summed E-state index contributed by atoms with van der Waals surface area (Å²) >= 11 is 0. The molecule has 0 unspecified atom stereocenters. The molecule has 0 aromatic rings. The molecule has 1 heteroatoms. The average molecular weight is 127 g/mol. The van der Waals surface area contributed by atoms with Gasteiger partial charge in [0, 0.05) is 0 Å². The Labute approximate surface area is 55.8 Å². The summed E-state index contributed by atoms with van der Waals surface area (Å²) in [6.45, 7) is 4.16. The predicted octanol–water partition coefficient (Wildman–Crippen LogP) is 2.86. The Morgan fingerprint density at radius 2 is 2.22 bits per heavy atom. The van der Waals surface area contributed by atoms with E-state index in [0.29, 0.717) is 6.42 Å². The number of rotatable bonds is 0. The van der Waals surface area contributed by atoms with Gasteiger partial charge in [-0.05, 0) is 24.3 Å². The predicted molar refractivity (Wildman–Crippen MR) is 36.5 cm³/mol. The molecule has 0 saturated carbocycles. The Morgan fingerprint density at radius 3 is 2.56 bits per heavy atom. The molecular weight excluding hydrogens is 115 g/mol. The maximum absolute atomic E-state index is 12.5. The van der Waals surface area contributed by atoms with Crippen LogP contribution in [0.4, 0.5) is 4.39 Å². The molecule has 0 spiro atoms. The normalized spacial score (nSPS) is 26.6. The molecule has 0 N–H and O–H groups in total. The van der Waals surface area contributed by atoms with Gasteiger partial charge in [0.05, 0.1) is 0 Å². The molecule has 9 heavy (non-hydrogen) atoms. The van der Waals surface area contributed by atoms with Gasteiger partial charge in [0.15, 0.2) is 6.17 Å². The van der Waals surface area contributed by atoms with Crippen molar-refractivity contribution in [1.29, 1.82) is 0 Å². The zero-order chi connectivity index (χ0) is 6.91. The van der Waals surface area contributed by atoms with Gasteiger partial charge in [-0.2, -0.15) is 0 Å². The fourth-order valence-electron chi connectivity index (χ4n) is 1.09. The quantitative estimate of drug-likeness (QED) is 0.469. The van der Waals surface area contributed by atoms with Crippen molar-refractivity contribution in [3.8, 4) is 0 Å². The van der Waals surface area contributed by atoms with Crippen molar-refractivity contribution in [1.82, 2.24) is 0 Å². The summed E-state index contributed by atoms with van der Waals surface area (Å²) in [6, 6.07) is 0. The fourth-order valence-corrected chi connectivity index (χ4v) is 1.09. The largest absolute Gasteiger partial charge is 0.235 e. The lowest BCUT2D eigenvalue weighted by Gasteiger charge is -2.26. The standard InChI is InChI=1S/C8H12F/c1-8(2)5-3-4-7(9)6-8/h3-4H,5-6H2,1-2H3. The van der Waals surface area contributed by atoms with Crippen molar-refractivity contribution in [3.05, 3.63) is 18.3 Å². The SMILES string of the molecule is CC1(C)CC=C[C](F)C1. The Hall–Kier alpha value is -0.330. The van der Waals surface area contributed by atoms with Gasteiger partial charge >= 0.3 is 0 Å². The van der Waals surface area contributed by atoms with E-state index in [4.69, 9.17) is 0 Å². The zero-order valence-corrected chi connectivity index (χ0v) is 5.95. The van der Waals surface area contributed by atoms with Gasteiger partial charge in [-0.15, -0.1) is 0 Å². The van der Waals surface area contributed by atoms with Gasteiger partial charge in [-0.25, -0.2) is 4.39 Å². The first-order valence-electron chi connectivity index (χ1n) is 3.28. The van der Waals surface area contributed by atoms with Gasteiger partial charge < -0.3 is 0 Å². The van der Waals surface area contributed by atoms with Crippen molar-refractivity contribution < 1.29 is 4.39 Å². The summed E-state index contributed by atoms with van der Waals surface area (Å²) in [6.07, 6.45) is 5.10. The van der Waals surface area contributed by atoms with Crippen LogP contribution in [0.2, 0.25) is 0 Å². The molecule has 0 aromatic carbocycles. The Balaban J connectivity index is 2.58. The van der Waals surface area contributed by atoms with Gasteiger partial charge in [-0.1, -0.05) is 19.9 Å². The summed E-state index contributed by atoms with van der Waals surface area (Å²) in [7, 11) is 0. The van der Waals surface area contributed by atoms with Crippen LogP contribution in [0.15, 0.2) is 12.2 Å². The van der Waals surface area contributed by atoms with Crippen LogP contribution in [0.1, 0.15) is 26.7 Å². The second-order valence-corrected chi connectivity index (χ2v) is 3.39. The van der Waals surface area contributed by atoms with Crippen molar-refractivity contribution in [2.45, 2.75) is 26.7 Å². The minimum atomic E-state index is 0.0197. The lowest BCUT2D eigenvalue weighted by Crippen LogP contribution is -2.15. The number of halogens is 1. The first kappa shape index (κ1) is 6.79. The first-order chi connectivity index (χ1) is 4.10. The third-order valence-corrected chi connectivity index (χ3v) is 1.62. The van der Waals surface area contributed by atoms with Gasteiger partial charge in [0.2, 0.25) is 0 Å². The second-order valence-electron chi connectivity index (χ2n) is 3.39. The van der Waals surface area contributed by atoms with E-state index in [0.717, 1.165) is 6.42 Å². The van der Waals surface area contributed by atoms with Crippen LogP contribution in [0.5, 0.6) is 0 Å². The second kappa shape index (κ2) is 2.13. The molecule has 51 valence electrons. The molecule has 0 bridgehead atoms. The van der Waals surface area contributed by atoms with Crippen molar-refractivity contribution >= 4 is 0 Å². The third-order valence-electron chi connectivity index (χ3n) is 1.62. The summed E-state index contributed by atoms with van der Waals surface area (Å²) < 4.78 is 12.5. The summed E-state index contributed by atoms with van der Waals surface area (Å²) in [4.78, 5) is 0. The lowest BCUT2D eigenvalue weighted by atomic mass is 9.80. The molecule has 0 nitrogen and oxygen atoms in total. The number of allylic oxidation sites excluding steroid dienone is 2. The molecule has 0 saturated heterocycles. The molecule has 1 radical (unpaired) electrons. The highest BCUT2D eigenvalue weighted by Crippen LogP contribution is 2.35. The fraction of sp³-hybridized carbons (Fsp3) is 0.625. The van der Waals surface area contributed by atoms with Crippen molar-refractivity contribution in [2.24, 2.45) is 5.41 Å². The van der Waals surface area contributed by atoms with Crippen LogP contribution in [-0.2, 0) is 0 Å². The molecule has 1 aliphatic carbocycles. The van der Waals surface area contributed by atoms with E-state index in [1.54, 1.807) is 6.08 Å². The van der Waals surface area contributed by atoms with Crippen LogP contribution >= 0.6 is 0 Å². The van der Waals surface area contributed by atoms with Crippen molar-refractivity contribution in [3.63, 3.8) is 0 Å². The highest BCUT2D eigenvalue weighted by Gasteiger charge is 2.24. The zero-order valence-electron chi connectivity index (χ0n) is 5.95. The van der Waals surface area contributed by atoms with Crippen LogP contribution in [0.3, 0.4) is 0 Å². The number of hydrogen-bond donors (Lipinski definition) is 0. The molecule has 0 fully saturated rings. The lowest BCUT2D eigenvalue weighted by molar-refractivity contribution is 0.293. The topological polar surface area (TPSA) is 0 Å². The molecule has 1 rings (SSSR count). The van der Waals surface area contributed by atoms with Gasteiger partial charge in [0.1, 0.15) is 0 Å². The van der Waals surface area contributed by atoms with Crippen LogP contribution in [0, 0.1) is 11.6 Å². The highest BCUT2D eigenvalue weighted by molar-refractivity contribution is 5.10. The van der Waals surface area contributed by atoms with E-state index in [1.165, 1.54) is 0 Å². The Kier molecular flexibility index (Phi) is 1.60. The maximum Gasteiger partial charge on any atom is 0.167 e. The Bertz CT molecular complexity index is 125. The third kappa shape index (κ3) is 1.81. The monoisotopic (exact) mass is 127 g/mol. The van der Waals surface area contributed by atoms with E-state index in [1.807, 2.05) is 6.08 Å². The molecule has 0 aliphatic heterocycles. The van der Waals surface area contributed by atoms with Crippen LogP contribution in [-0.4, -0.2) is 0 Å². The van der Waals surface area contributed by atoms with E-state index in [9.17, 15) is 4.39 Å². The van der Waals surface area contributed by atoms with E-state index < -0.39 is 0 Å². The molecule has 0 aromatic heterocycles. The summed E-state index contributed by atoms with van der Waals surface area (Å²) in [5.41, 5.74) is 0.152. The first-order valence-corrected chi connectivity index (χ1v) is 3.28. The summed E-state index contributed by atoms with van der Waals surface area (Å²) in [5.74, 6) is 0. The molecule has 0 amide bonds. The van der Waals surface area contributed by atoms with E-state index in [-0.39, 0.29) is 11.6 Å². The molecule has 0 heterocycles. The van der Waals surface area contributed by atoms with Crippen LogP contribution < -0.4 is 0 Å². The molecule has 1 aliphatic rings. The molecular formula is C8H12F. The highest BCUT2D eigenvalue weighted by atomic mass is 19.1.